The van der Waals surface area contributed by atoms with Gasteiger partial charge in [0.05, 0.1) is 12.2 Å². The van der Waals surface area contributed by atoms with E-state index in [2.05, 4.69) is 0 Å². The Morgan fingerprint density at radius 2 is 1.67 bits per heavy atom. The van der Waals surface area contributed by atoms with Crippen molar-refractivity contribution in [3.8, 4) is 0 Å². The molecule has 0 unspecified atom stereocenters. The monoisotopic (exact) mass is 258 g/mol. The Balaban J connectivity index is 2.26. The maximum Gasteiger partial charge on any atom is 0.306 e. The first-order valence-electron chi connectivity index (χ1n) is 6.41. The summed E-state index contributed by atoms with van der Waals surface area (Å²) >= 11 is 0. The van der Waals surface area contributed by atoms with Crippen molar-refractivity contribution >= 4 is 5.97 Å². The molecule has 0 amide bonds. The summed E-state index contributed by atoms with van der Waals surface area (Å²) in [5.41, 5.74) is -2.71. The van der Waals surface area contributed by atoms with E-state index >= 15 is 0 Å². The minimum atomic E-state index is -1.50. The van der Waals surface area contributed by atoms with Gasteiger partial charge in [-0.25, -0.2) is 0 Å². The summed E-state index contributed by atoms with van der Waals surface area (Å²) in [7, 11) is 0. The van der Waals surface area contributed by atoms with Gasteiger partial charge in [-0.1, -0.05) is 6.92 Å². The molecular weight excluding hydrogens is 236 g/mol. The summed E-state index contributed by atoms with van der Waals surface area (Å²) in [4.78, 5) is 11.3. The summed E-state index contributed by atoms with van der Waals surface area (Å²) in [5.74, 6) is -0.236. The van der Waals surface area contributed by atoms with Gasteiger partial charge in [-0.15, -0.1) is 0 Å². The van der Waals surface area contributed by atoms with Crippen LogP contribution in [0.15, 0.2) is 0 Å². The summed E-state index contributed by atoms with van der Waals surface area (Å²) in [6.45, 7) is 5.18. The molecule has 1 saturated carbocycles. The van der Waals surface area contributed by atoms with E-state index in [1.807, 2.05) is 13.8 Å². The lowest BCUT2D eigenvalue weighted by atomic mass is 9.59. The second-order valence-electron chi connectivity index (χ2n) is 6.43. The molecule has 2 rings (SSSR count). The van der Waals surface area contributed by atoms with Crippen molar-refractivity contribution in [3.63, 3.8) is 0 Å². The third kappa shape index (κ3) is 1.85. The Morgan fingerprint density at radius 3 is 2.06 bits per heavy atom. The second-order valence-corrected chi connectivity index (χ2v) is 6.43. The van der Waals surface area contributed by atoms with Crippen molar-refractivity contribution < 1.29 is 24.9 Å². The highest BCUT2D eigenvalue weighted by Gasteiger charge is 2.58. The van der Waals surface area contributed by atoms with Crippen LogP contribution in [0.25, 0.3) is 0 Å². The van der Waals surface area contributed by atoms with Crippen LogP contribution in [0.5, 0.6) is 0 Å². The predicted molar refractivity (Wildman–Crippen MR) is 63.7 cm³/mol. The molecule has 0 spiro atoms. The zero-order chi connectivity index (χ0) is 13.8. The van der Waals surface area contributed by atoms with Crippen LogP contribution in [0.4, 0.5) is 0 Å². The van der Waals surface area contributed by atoms with E-state index in [1.165, 1.54) is 6.92 Å². The molecule has 0 aromatic carbocycles. The van der Waals surface area contributed by atoms with Crippen LogP contribution >= 0.6 is 0 Å². The van der Waals surface area contributed by atoms with E-state index in [1.54, 1.807) is 0 Å². The van der Waals surface area contributed by atoms with Crippen molar-refractivity contribution in [3.05, 3.63) is 0 Å². The fourth-order valence-corrected chi connectivity index (χ4v) is 3.12. The maximum absolute atomic E-state index is 11.3. The highest BCUT2D eigenvalue weighted by atomic mass is 16.6. The minimum Gasteiger partial charge on any atom is -0.459 e. The summed E-state index contributed by atoms with van der Waals surface area (Å²) < 4.78 is 5.41. The van der Waals surface area contributed by atoms with Crippen molar-refractivity contribution in [1.29, 1.82) is 0 Å². The number of hydrogen-bond acceptors (Lipinski definition) is 5. The molecule has 1 saturated heterocycles. The maximum atomic E-state index is 11.3. The molecule has 2 aliphatic rings. The summed E-state index contributed by atoms with van der Waals surface area (Å²) in [6, 6.07) is 0. The smallest absolute Gasteiger partial charge is 0.306 e. The average Bonchev–Trinajstić information content (AvgIpc) is 2.58. The van der Waals surface area contributed by atoms with E-state index in [4.69, 9.17) is 4.74 Å². The molecule has 1 aliphatic heterocycles. The van der Waals surface area contributed by atoms with Gasteiger partial charge in [0, 0.05) is 11.8 Å². The Bertz CT molecular complexity index is 350. The van der Waals surface area contributed by atoms with Gasteiger partial charge in [0.15, 0.2) is 0 Å². The average molecular weight is 258 g/mol. The normalized spacial score (nSPS) is 53.3. The van der Waals surface area contributed by atoms with Crippen LogP contribution in [0.2, 0.25) is 0 Å². The topological polar surface area (TPSA) is 87.0 Å². The molecule has 3 atom stereocenters. The highest BCUT2D eigenvalue weighted by molar-refractivity contribution is 5.72. The second kappa shape index (κ2) is 3.92. The van der Waals surface area contributed by atoms with Crippen molar-refractivity contribution in [2.75, 3.05) is 0 Å². The number of aliphatic hydroxyl groups is 3. The van der Waals surface area contributed by atoms with Crippen LogP contribution in [0.1, 0.15) is 46.5 Å². The number of carbonyl (C=O) groups excluding carboxylic acids is 1. The third-order valence-electron chi connectivity index (χ3n) is 5.06. The van der Waals surface area contributed by atoms with Crippen molar-refractivity contribution in [2.24, 2.45) is 5.41 Å². The molecule has 18 heavy (non-hydrogen) atoms. The lowest BCUT2D eigenvalue weighted by Gasteiger charge is -2.52. The third-order valence-corrected chi connectivity index (χ3v) is 5.06. The first-order valence-corrected chi connectivity index (χ1v) is 6.41. The van der Waals surface area contributed by atoms with Gasteiger partial charge in [0.1, 0.15) is 11.2 Å². The van der Waals surface area contributed by atoms with Crippen LogP contribution in [-0.4, -0.2) is 44.7 Å². The van der Waals surface area contributed by atoms with E-state index in [-0.39, 0.29) is 5.97 Å². The van der Waals surface area contributed by atoms with Crippen LogP contribution in [-0.2, 0) is 9.53 Å². The molecule has 2 fully saturated rings. The lowest BCUT2D eigenvalue weighted by molar-refractivity contribution is -0.217. The molecule has 0 bridgehead atoms. The van der Waals surface area contributed by atoms with Gasteiger partial charge in [0.2, 0.25) is 0 Å². The SMILES string of the molecule is CC1(O)[C@H](O)CC(C)([C@@]2(C)CCC(=O)O2)C[C@H]1O. The first kappa shape index (κ1) is 13.8. The van der Waals surface area contributed by atoms with Crippen LogP contribution < -0.4 is 0 Å². The van der Waals surface area contributed by atoms with Gasteiger partial charge in [-0.05, 0) is 33.1 Å². The predicted octanol–water partition coefficient (Wildman–Crippen LogP) is 0.355. The zero-order valence-electron chi connectivity index (χ0n) is 11.1. The quantitative estimate of drug-likeness (QED) is 0.591. The largest absolute Gasteiger partial charge is 0.459 e. The summed E-state index contributed by atoms with van der Waals surface area (Å²) in [5, 5.41) is 30.1. The molecule has 1 heterocycles. The van der Waals surface area contributed by atoms with E-state index < -0.39 is 28.8 Å². The summed E-state index contributed by atoms with van der Waals surface area (Å²) in [6.07, 6.45) is -0.481. The van der Waals surface area contributed by atoms with Gasteiger partial charge < -0.3 is 20.1 Å². The molecule has 0 aromatic heterocycles. The standard InChI is InChI=1S/C13H22O5/c1-11(12(2)5-4-10(16)18-12)6-8(14)13(3,17)9(15)7-11/h8-9,14-15,17H,4-7H2,1-3H3/t8-,9-,11?,12-,13?/m1/s1. The Labute approximate surface area is 107 Å². The minimum absolute atomic E-state index is 0.236. The van der Waals surface area contributed by atoms with Gasteiger partial charge in [-0.3, -0.25) is 4.79 Å². The Morgan fingerprint density at radius 1 is 1.17 bits per heavy atom. The lowest BCUT2D eigenvalue weighted by Crippen LogP contribution is -2.61. The van der Waals surface area contributed by atoms with Gasteiger partial charge in [0.25, 0.3) is 0 Å². The highest BCUT2D eigenvalue weighted by Crippen LogP contribution is 2.52. The molecule has 1 aliphatic carbocycles. The van der Waals surface area contributed by atoms with Crippen molar-refractivity contribution in [2.45, 2.75) is 69.9 Å². The molecular formula is C13H22O5. The van der Waals surface area contributed by atoms with E-state index in [9.17, 15) is 20.1 Å². The number of rotatable bonds is 1. The van der Waals surface area contributed by atoms with Gasteiger partial charge >= 0.3 is 5.97 Å². The Hall–Kier alpha value is -0.650. The molecule has 0 aromatic rings. The molecule has 5 heteroatoms. The van der Waals surface area contributed by atoms with E-state index in [0.29, 0.717) is 25.7 Å². The number of aliphatic hydroxyl groups excluding tert-OH is 2. The fourth-order valence-electron chi connectivity index (χ4n) is 3.12. The van der Waals surface area contributed by atoms with Crippen LogP contribution in [0.3, 0.4) is 0 Å². The molecule has 3 N–H and O–H groups in total. The Kier molecular flexibility index (Phi) is 3.00. The van der Waals surface area contributed by atoms with E-state index in [0.717, 1.165) is 0 Å². The zero-order valence-corrected chi connectivity index (χ0v) is 11.1. The molecule has 5 nitrogen and oxygen atoms in total. The number of hydrogen-bond donors (Lipinski definition) is 3. The van der Waals surface area contributed by atoms with Crippen LogP contribution in [0, 0.1) is 5.41 Å². The van der Waals surface area contributed by atoms with Gasteiger partial charge in [-0.2, -0.15) is 0 Å². The number of ether oxygens (including phenoxy) is 1. The first-order chi connectivity index (χ1) is 8.11. The fraction of sp³-hybridized carbons (Fsp3) is 0.923. The molecule has 104 valence electrons. The molecule has 0 radical (unpaired) electrons. The number of esters is 1. The number of cyclic esters (lactones) is 1. The number of carbonyl (C=O) groups is 1. The van der Waals surface area contributed by atoms with Crippen molar-refractivity contribution in [1.82, 2.24) is 0 Å².